The van der Waals surface area contributed by atoms with Crippen LogP contribution in [0.4, 0.5) is 4.39 Å². The molecule has 3 aromatic carbocycles. The van der Waals surface area contributed by atoms with E-state index in [0.717, 1.165) is 32.7 Å². The van der Waals surface area contributed by atoms with Gasteiger partial charge in [-0.15, -0.1) is 0 Å². The molecule has 1 atom stereocenters. The van der Waals surface area contributed by atoms with E-state index in [-0.39, 0.29) is 18.3 Å². The molecule has 0 spiro atoms. The van der Waals surface area contributed by atoms with E-state index < -0.39 is 22.1 Å². The van der Waals surface area contributed by atoms with Gasteiger partial charge in [-0.2, -0.15) is 0 Å². The van der Waals surface area contributed by atoms with Gasteiger partial charge < -0.3 is 14.6 Å². The minimum absolute atomic E-state index is 0.119. The number of benzene rings is 3. The van der Waals surface area contributed by atoms with Gasteiger partial charge in [0.25, 0.3) is 5.91 Å². The SMILES string of the molecule is C=S1NC(=O)C=C1c1ccc(OCc2cccc(-c3c(C)cc(OCCC(C)(C)O)c(F)c3C)c2)cc1. The van der Waals surface area contributed by atoms with Crippen molar-refractivity contribution < 1.29 is 23.8 Å². The third-order valence-electron chi connectivity index (χ3n) is 6.15. The molecule has 1 aliphatic heterocycles. The molecule has 37 heavy (non-hydrogen) atoms. The molecule has 7 heteroatoms. The fourth-order valence-corrected chi connectivity index (χ4v) is 5.28. The lowest BCUT2D eigenvalue weighted by molar-refractivity contribution is -0.114. The summed E-state index contributed by atoms with van der Waals surface area (Å²) >= 11 is 0. The Hall–Kier alpha value is -3.42. The van der Waals surface area contributed by atoms with Gasteiger partial charge in [0.1, 0.15) is 12.4 Å². The lowest BCUT2D eigenvalue weighted by Crippen LogP contribution is -2.22. The Morgan fingerprint density at radius 1 is 1.05 bits per heavy atom. The number of hydrogen-bond donors (Lipinski definition) is 2. The Labute approximate surface area is 220 Å². The van der Waals surface area contributed by atoms with E-state index >= 15 is 4.39 Å². The first-order valence-corrected chi connectivity index (χ1v) is 13.4. The highest BCUT2D eigenvalue weighted by Gasteiger charge is 2.18. The highest BCUT2D eigenvalue weighted by atomic mass is 32.2. The molecule has 3 aromatic rings. The van der Waals surface area contributed by atoms with E-state index in [1.54, 1.807) is 32.9 Å². The van der Waals surface area contributed by atoms with Crippen LogP contribution in [0, 0.1) is 19.7 Å². The summed E-state index contributed by atoms with van der Waals surface area (Å²) in [5.74, 6) is 4.38. The maximum Gasteiger partial charge on any atom is 0.254 e. The summed E-state index contributed by atoms with van der Waals surface area (Å²) in [4.78, 5) is 12.4. The Morgan fingerprint density at radius 2 is 1.78 bits per heavy atom. The molecular formula is C30H32FNO4S. The molecule has 0 radical (unpaired) electrons. The van der Waals surface area contributed by atoms with Crippen LogP contribution in [0.15, 0.2) is 60.7 Å². The second-order valence-electron chi connectivity index (χ2n) is 9.80. The summed E-state index contributed by atoms with van der Waals surface area (Å²) in [6, 6.07) is 17.2. The Bertz CT molecular complexity index is 1370. The smallest absolute Gasteiger partial charge is 0.254 e. The Balaban J connectivity index is 1.47. The lowest BCUT2D eigenvalue weighted by Gasteiger charge is -2.19. The van der Waals surface area contributed by atoms with Gasteiger partial charge >= 0.3 is 0 Å². The van der Waals surface area contributed by atoms with Crippen LogP contribution in [0.2, 0.25) is 0 Å². The molecule has 194 valence electrons. The third kappa shape index (κ3) is 6.48. The van der Waals surface area contributed by atoms with Gasteiger partial charge in [-0.3, -0.25) is 9.52 Å². The molecule has 2 N–H and O–H groups in total. The van der Waals surface area contributed by atoms with E-state index in [2.05, 4.69) is 10.6 Å². The monoisotopic (exact) mass is 521 g/mol. The summed E-state index contributed by atoms with van der Waals surface area (Å²) in [7, 11) is -0.539. The predicted molar refractivity (Wildman–Crippen MR) is 149 cm³/mol. The van der Waals surface area contributed by atoms with Crippen molar-refractivity contribution >= 4 is 27.4 Å². The van der Waals surface area contributed by atoms with Crippen LogP contribution < -0.4 is 14.2 Å². The van der Waals surface area contributed by atoms with Crippen LogP contribution in [0.25, 0.3) is 16.0 Å². The molecule has 0 fully saturated rings. The van der Waals surface area contributed by atoms with Crippen molar-refractivity contribution in [3.63, 3.8) is 0 Å². The summed E-state index contributed by atoms with van der Waals surface area (Å²) in [6.07, 6.45) is 1.99. The molecular weight excluding hydrogens is 489 g/mol. The van der Waals surface area contributed by atoms with Gasteiger partial charge in [0, 0.05) is 17.4 Å². The van der Waals surface area contributed by atoms with Crippen LogP contribution in [0.1, 0.15) is 42.5 Å². The number of carbonyl (C=O) groups excluding carboxylic acids is 1. The van der Waals surface area contributed by atoms with E-state index in [1.807, 2.05) is 55.5 Å². The zero-order chi connectivity index (χ0) is 26.7. The number of nitrogens with one attached hydrogen (secondary N) is 1. The van der Waals surface area contributed by atoms with Crippen molar-refractivity contribution in [2.24, 2.45) is 0 Å². The summed E-state index contributed by atoms with van der Waals surface area (Å²) < 4.78 is 29.6. The van der Waals surface area contributed by atoms with Crippen molar-refractivity contribution in [1.82, 2.24) is 4.72 Å². The van der Waals surface area contributed by atoms with Gasteiger partial charge in [0.15, 0.2) is 11.6 Å². The molecule has 0 saturated heterocycles. The minimum atomic E-state index is -0.868. The topological polar surface area (TPSA) is 67.8 Å². The number of carbonyl (C=O) groups is 1. The first-order chi connectivity index (χ1) is 17.5. The molecule has 0 saturated carbocycles. The zero-order valence-electron chi connectivity index (χ0n) is 21.6. The standard InChI is InChI=1S/C30H32FNO4S/c1-19-15-25(35-14-13-30(3,4)34)29(31)20(2)28(19)23-8-6-7-21(16-23)18-36-24-11-9-22(10-12-24)26-17-27(33)32-37(26)5/h6-12,15-17,34H,5,13-14,18H2,1-4H3,(H,32,33). The largest absolute Gasteiger partial charge is 0.490 e. The van der Waals surface area contributed by atoms with Crippen molar-refractivity contribution in [3.8, 4) is 22.6 Å². The molecule has 0 bridgehead atoms. The highest BCUT2D eigenvalue weighted by Crippen LogP contribution is 2.36. The van der Waals surface area contributed by atoms with E-state index in [4.69, 9.17) is 9.47 Å². The van der Waals surface area contributed by atoms with E-state index in [9.17, 15) is 9.90 Å². The maximum absolute atomic E-state index is 15.2. The second kappa shape index (κ2) is 10.9. The van der Waals surface area contributed by atoms with Crippen LogP contribution in [-0.2, 0) is 11.4 Å². The highest BCUT2D eigenvalue weighted by molar-refractivity contribution is 8.21. The van der Waals surface area contributed by atoms with Gasteiger partial charge in [-0.1, -0.05) is 46.9 Å². The first-order valence-electron chi connectivity index (χ1n) is 12.1. The Kier molecular flexibility index (Phi) is 7.85. The number of hydrogen-bond acceptors (Lipinski definition) is 4. The predicted octanol–water partition coefficient (Wildman–Crippen LogP) is 6.31. The lowest BCUT2D eigenvalue weighted by atomic mass is 9.94. The normalized spacial score (nSPS) is 15.4. The average molecular weight is 522 g/mol. The van der Waals surface area contributed by atoms with Gasteiger partial charge in [-0.05, 0) is 85.3 Å². The number of halogens is 1. The van der Waals surface area contributed by atoms with Gasteiger partial charge in [0.05, 0.1) is 12.2 Å². The molecule has 1 heterocycles. The second-order valence-corrected chi connectivity index (χ2v) is 11.2. The molecule has 1 unspecified atom stereocenters. The van der Waals surface area contributed by atoms with Crippen molar-refractivity contribution in [3.05, 3.63) is 88.7 Å². The van der Waals surface area contributed by atoms with E-state index in [1.165, 1.54) is 0 Å². The molecule has 5 nitrogen and oxygen atoms in total. The minimum Gasteiger partial charge on any atom is -0.490 e. The fourth-order valence-electron chi connectivity index (χ4n) is 4.20. The van der Waals surface area contributed by atoms with Crippen LogP contribution >= 0.6 is 10.7 Å². The van der Waals surface area contributed by atoms with Crippen molar-refractivity contribution in [2.45, 2.75) is 46.3 Å². The maximum atomic E-state index is 15.2. The Morgan fingerprint density at radius 3 is 2.43 bits per heavy atom. The molecule has 1 amide bonds. The van der Waals surface area contributed by atoms with Crippen LogP contribution in [0.5, 0.6) is 11.5 Å². The molecule has 4 rings (SSSR count). The zero-order valence-corrected chi connectivity index (χ0v) is 22.4. The summed E-state index contributed by atoms with van der Waals surface area (Å²) in [5.41, 5.74) is 4.18. The van der Waals surface area contributed by atoms with Crippen molar-refractivity contribution in [1.29, 1.82) is 0 Å². The number of aryl methyl sites for hydroxylation is 1. The quantitative estimate of drug-likeness (QED) is 0.324. The number of rotatable bonds is 9. The van der Waals surface area contributed by atoms with Crippen LogP contribution in [-0.4, -0.2) is 29.1 Å². The average Bonchev–Trinajstić information content (AvgIpc) is 3.18. The number of amides is 1. The van der Waals surface area contributed by atoms with E-state index in [0.29, 0.717) is 24.3 Å². The molecule has 0 aliphatic carbocycles. The number of aliphatic hydroxyl groups is 1. The molecule has 0 aromatic heterocycles. The van der Waals surface area contributed by atoms with Gasteiger partial charge in [0.2, 0.25) is 0 Å². The first kappa shape index (κ1) is 26.6. The van der Waals surface area contributed by atoms with Gasteiger partial charge in [-0.25, -0.2) is 4.39 Å². The molecule has 1 aliphatic rings. The fraction of sp³-hybridized carbons (Fsp3) is 0.267. The summed E-state index contributed by atoms with van der Waals surface area (Å²) in [6.45, 7) is 7.68. The third-order valence-corrected chi connectivity index (χ3v) is 7.48. The van der Waals surface area contributed by atoms with Crippen molar-refractivity contribution in [2.75, 3.05) is 6.61 Å². The number of ether oxygens (including phenoxy) is 2. The summed E-state index contributed by atoms with van der Waals surface area (Å²) in [5, 5.41) is 9.88. The van der Waals surface area contributed by atoms with Crippen LogP contribution in [0.3, 0.4) is 0 Å².